The van der Waals surface area contributed by atoms with Gasteiger partial charge in [-0.1, -0.05) is 20.3 Å². The zero-order valence-electron chi connectivity index (χ0n) is 9.86. The molecule has 0 aromatic carbocycles. The second-order valence-electron chi connectivity index (χ2n) is 3.92. The highest BCUT2D eigenvalue weighted by molar-refractivity contribution is 7.10. The first-order valence-corrected chi connectivity index (χ1v) is 6.76. The van der Waals surface area contributed by atoms with Crippen LogP contribution in [0.15, 0.2) is 15.5 Å². The summed E-state index contributed by atoms with van der Waals surface area (Å²) in [4.78, 5) is 14.9. The van der Waals surface area contributed by atoms with Gasteiger partial charge in [0, 0.05) is 6.42 Å². The van der Waals surface area contributed by atoms with Crippen LogP contribution in [0.4, 0.5) is 0 Å². The van der Waals surface area contributed by atoms with E-state index in [-0.39, 0.29) is 0 Å². The summed E-state index contributed by atoms with van der Waals surface area (Å²) in [7, 11) is 0. The summed E-state index contributed by atoms with van der Waals surface area (Å²) in [5, 5.41) is 0. The van der Waals surface area contributed by atoms with Crippen molar-refractivity contribution in [2.45, 2.75) is 46.1 Å². The molecule has 3 nitrogen and oxygen atoms in total. The lowest BCUT2D eigenvalue weighted by Gasteiger charge is -2.02. The second-order valence-corrected chi connectivity index (χ2v) is 4.85. The molecule has 1 aromatic rings. The number of thiazole rings is 1. The Labute approximate surface area is 100 Å². The molecule has 0 radical (unpaired) electrons. The minimum Gasteiger partial charge on any atom is -0.265 e. The predicted octanol–water partition coefficient (Wildman–Crippen LogP) is 3.44. The summed E-state index contributed by atoms with van der Waals surface area (Å²) in [6, 6.07) is 0. The van der Waals surface area contributed by atoms with Crippen LogP contribution in [0.2, 0.25) is 0 Å². The summed E-state index contributed by atoms with van der Waals surface area (Å²) >= 11 is 1.69. The van der Waals surface area contributed by atoms with Gasteiger partial charge in [-0.2, -0.15) is 0 Å². The number of hydrogen-bond acceptors (Lipinski definition) is 4. The van der Waals surface area contributed by atoms with Crippen molar-refractivity contribution in [3.8, 4) is 0 Å². The number of aliphatic imine (C=N–C) groups is 2. The minimum absolute atomic E-state index is 0.756. The zero-order chi connectivity index (χ0) is 11.4. The highest BCUT2D eigenvalue weighted by atomic mass is 32.1. The van der Waals surface area contributed by atoms with Gasteiger partial charge in [0.25, 0.3) is 0 Å². The lowest BCUT2D eigenvalue weighted by atomic mass is 10.1. The maximum Gasteiger partial charge on any atom is 0.123 e. The molecule has 2 heterocycles. The van der Waals surface area contributed by atoms with Gasteiger partial charge < -0.3 is 0 Å². The number of amidine groups is 1. The van der Waals surface area contributed by atoms with Crippen LogP contribution < -0.4 is 0 Å². The average Bonchev–Trinajstić information content (AvgIpc) is 2.68. The van der Waals surface area contributed by atoms with Gasteiger partial charge in [-0.3, -0.25) is 4.99 Å². The molecule has 1 aromatic heterocycles. The quantitative estimate of drug-likeness (QED) is 0.787. The van der Waals surface area contributed by atoms with Gasteiger partial charge in [0.2, 0.25) is 0 Å². The first-order valence-electron chi connectivity index (χ1n) is 5.88. The molecule has 0 saturated carbocycles. The number of rotatable bonds is 4. The van der Waals surface area contributed by atoms with Crippen LogP contribution in [0, 0.1) is 0 Å². The van der Waals surface area contributed by atoms with Crippen molar-refractivity contribution >= 4 is 22.9 Å². The Bertz CT molecular complexity index is 418. The van der Waals surface area contributed by atoms with Crippen LogP contribution in [0.5, 0.6) is 0 Å². The molecule has 1 aliphatic rings. The molecular formula is C12H17N3S. The molecule has 0 aliphatic carbocycles. The minimum atomic E-state index is 0.756. The van der Waals surface area contributed by atoms with Gasteiger partial charge in [-0.05, 0) is 12.8 Å². The van der Waals surface area contributed by atoms with Crippen molar-refractivity contribution in [3.05, 3.63) is 16.1 Å². The van der Waals surface area contributed by atoms with Crippen LogP contribution in [0.1, 0.15) is 50.1 Å². The Kier molecular flexibility index (Phi) is 3.83. The van der Waals surface area contributed by atoms with Crippen LogP contribution in [0.25, 0.3) is 0 Å². The fourth-order valence-electron chi connectivity index (χ4n) is 1.79. The van der Waals surface area contributed by atoms with Crippen LogP contribution in [-0.2, 0) is 6.54 Å². The highest BCUT2D eigenvalue weighted by Gasteiger charge is 2.16. The molecule has 0 bridgehead atoms. The molecule has 0 unspecified atom stereocenters. The Morgan fingerprint density at radius 3 is 2.81 bits per heavy atom. The third kappa shape index (κ3) is 2.38. The van der Waals surface area contributed by atoms with Crippen LogP contribution in [-0.4, -0.2) is 16.5 Å². The summed E-state index contributed by atoms with van der Waals surface area (Å²) in [5.74, 6) is 0.996. The van der Waals surface area contributed by atoms with E-state index in [1.807, 2.05) is 5.51 Å². The third-order valence-electron chi connectivity index (χ3n) is 2.54. The lowest BCUT2D eigenvalue weighted by Crippen LogP contribution is -2.05. The topological polar surface area (TPSA) is 37.6 Å². The molecule has 0 atom stereocenters. The largest absolute Gasteiger partial charge is 0.265 e. The number of hydrogen-bond donors (Lipinski definition) is 0. The van der Waals surface area contributed by atoms with Gasteiger partial charge in [0.15, 0.2) is 0 Å². The van der Waals surface area contributed by atoms with Crippen molar-refractivity contribution < 1.29 is 0 Å². The Balaban J connectivity index is 2.32. The van der Waals surface area contributed by atoms with Crippen molar-refractivity contribution in [2.75, 3.05) is 0 Å². The van der Waals surface area contributed by atoms with Gasteiger partial charge in [0.1, 0.15) is 11.5 Å². The molecule has 0 spiro atoms. The van der Waals surface area contributed by atoms with E-state index in [9.17, 15) is 0 Å². The molecule has 4 heteroatoms. The zero-order valence-corrected chi connectivity index (χ0v) is 10.7. The van der Waals surface area contributed by atoms with Crippen molar-refractivity contribution in [2.24, 2.45) is 9.98 Å². The lowest BCUT2D eigenvalue weighted by molar-refractivity contribution is 0.960. The number of aromatic nitrogens is 1. The first-order chi connectivity index (χ1) is 7.85. The number of nitrogens with zero attached hydrogens (tertiary/aromatic N) is 3. The normalized spacial score (nSPS) is 15.1. The van der Waals surface area contributed by atoms with Crippen molar-refractivity contribution in [1.29, 1.82) is 0 Å². The molecule has 0 fully saturated rings. The van der Waals surface area contributed by atoms with E-state index in [1.54, 1.807) is 11.3 Å². The van der Waals surface area contributed by atoms with Crippen molar-refractivity contribution in [3.63, 3.8) is 0 Å². The van der Waals surface area contributed by atoms with Gasteiger partial charge in [-0.15, -0.1) is 11.3 Å². The van der Waals surface area contributed by atoms with E-state index >= 15 is 0 Å². The maximum atomic E-state index is 4.68. The van der Waals surface area contributed by atoms with Crippen LogP contribution in [0.3, 0.4) is 0 Å². The Morgan fingerprint density at radius 1 is 1.25 bits per heavy atom. The highest BCUT2D eigenvalue weighted by Crippen LogP contribution is 2.21. The van der Waals surface area contributed by atoms with E-state index in [0.717, 1.165) is 49.5 Å². The summed E-state index contributed by atoms with van der Waals surface area (Å²) in [6.07, 6.45) is 4.18. The molecule has 2 rings (SSSR count). The molecule has 0 N–H and O–H groups in total. The smallest absolute Gasteiger partial charge is 0.123 e. The number of fused-ring (bicyclic) bond motifs is 1. The summed E-state index contributed by atoms with van der Waals surface area (Å²) < 4.78 is 0. The average molecular weight is 235 g/mol. The van der Waals surface area contributed by atoms with Gasteiger partial charge in [-0.25, -0.2) is 9.98 Å². The van der Waals surface area contributed by atoms with E-state index in [2.05, 4.69) is 28.8 Å². The molecule has 1 aliphatic heterocycles. The molecule has 0 amide bonds. The molecule has 86 valence electrons. The first kappa shape index (κ1) is 11.5. The fourth-order valence-corrected chi connectivity index (χ4v) is 2.50. The Hall–Kier alpha value is -1.03. The SMILES string of the molecule is CCCC1=NCc2scnc2C(CCC)=N1. The fraction of sp³-hybridized carbons (Fsp3) is 0.583. The summed E-state index contributed by atoms with van der Waals surface area (Å²) in [6.45, 7) is 5.10. The monoisotopic (exact) mass is 235 g/mol. The van der Waals surface area contributed by atoms with E-state index in [0.29, 0.717) is 0 Å². The van der Waals surface area contributed by atoms with E-state index in [1.165, 1.54) is 4.88 Å². The summed E-state index contributed by atoms with van der Waals surface area (Å²) in [5.41, 5.74) is 4.11. The standard InChI is InChI=1S/C12H17N3S/c1-3-5-9-12-10(16-8-14-12)7-13-11(15-9)6-4-2/h8H,3-7H2,1-2H3. The van der Waals surface area contributed by atoms with Gasteiger partial charge in [0.05, 0.1) is 22.6 Å². The molecule has 0 saturated heterocycles. The second kappa shape index (κ2) is 5.34. The molecule has 16 heavy (non-hydrogen) atoms. The Morgan fingerprint density at radius 2 is 2.06 bits per heavy atom. The van der Waals surface area contributed by atoms with Crippen molar-refractivity contribution in [1.82, 2.24) is 4.98 Å². The van der Waals surface area contributed by atoms with E-state index in [4.69, 9.17) is 0 Å². The maximum absolute atomic E-state index is 4.68. The van der Waals surface area contributed by atoms with Crippen LogP contribution >= 0.6 is 11.3 Å². The van der Waals surface area contributed by atoms with E-state index < -0.39 is 0 Å². The molecular weight excluding hydrogens is 218 g/mol. The van der Waals surface area contributed by atoms with Gasteiger partial charge >= 0.3 is 0 Å². The third-order valence-corrected chi connectivity index (χ3v) is 3.36. The predicted molar refractivity (Wildman–Crippen MR) is 69.6 cm³/mol.